The van der Waals surface area contributed by atoms with Crippen molar-refractivity contribution in [3.63, 3.8) is 0 Å². The van der Waals surface area contributed by atoms with Gasteiger partial charge in [-0.05, 0) is 30.3 Å². The Morgan fingerprint density at radius 3 is 2.95 bits per heavy atom. The van der Waals surface area contributed by atoms with Gasteiger partial charge < -0.3 is 14.9 Å². The molecule has 0 unspecified atom stereocenters. The van der Waals surface area contributed by atoms with E-state index < -0.39 is 0 Å². The molecule has 19 heavy (non-hydrogen) atoms. The minimum absolute atomic E-state index is 0.0503. The van der Waals surface area contributed by atoms with Gasteiger partial charge in [0.15, 0.2) is 4.77 Å². The number of carbonyl (C=O) groups excluding carboxylic acids is 1. The van der Waals surface area contributed by atoms with Gasteiger partial charge in [-0.2, -0.15) is 0 Å². The van der Waals surface area contributed by atoms with Crippen molar-refractivity contribution in [3.8, 4) is 0 Å². The zero-order valence-electron chi connectivity index (χ0n) is 10.9. The number of imidazole rings is 1. The number of nitrogens with zero attached hydrogens (tertiary/aromatic N) is 1. The Bertz CT molecular complexity index is 659. The molecule has 0 saturated heterocycles. The van der Waals surface area contributed by atoms with E-state index in [2.05, 4.69) is 24.1 Å². The van der Waals surface area contributed by atoms with Crippen LogP contribution in [0.3, 0.4) is 0 Å². The predicted molar refractivity (Wildman–Crippen MR) is 80.0 cm³/mol. The number of carbonyl (C=O) groups is 1. The SMILES string of the molecule is CC(C)CNC(=O)Cn1c(=S)[nH]c2c(Cl)cccc21. The first kappa shape index (κ1) is 14.1. The Hall–Kier alpha value is -1.33. The van der Waals surface area contributed by atoms with E-state index >= 15 is 0 Å². The normalized spacial score (nSPS) is 11.2. The summed E-state index contributed by atoms with van der Waals surface area (Å²) >= 11 is 11.3. The van der Waals surface area contributed by atoms with Crippen molar-refractivity contribution < 1.29 is 4.79 Å². The van der Waals surface area contributed by atoms with Crippen molar-refractivity contribution in [1.29, 1.82) is 0 Å². The van der Waals surface area contributed by atoms with E-state index in [4.69, 9.17) is 23.8 Å². The topological polar surface area (TPSA) is 49.8 Å². The molecule has 2 N–H and O–H groups in total. The van der Waals surface area contributed by atoms with E-state index in [9.17, 15) is 4.79 Å². The lowest BCUT2D eigenvalue weighted by Crippen LogP contribution is -2.30. The first-order valence-corrected chi connectivity index (χ1v) is 6.91. The van der Waals surface area contributed by atoms with E-state index in [1.54, 1.807) is 10.6 Å². The molecule has 0 aliphatic heterocycles. The average molecular weight is 298 g/mol. The second-order valence-electron chi connectivity index (χ2n) is 4.85. The molecule has 2 aromatic rings. The third-order valence-corrected chi connectivity index (χ3v) is 3.41. The number of para-hydroxylation sites is 1. The fourth-order valence-electron chi connectivity index (χ4n) is 1.82. The third kappa shape index (κ3) is 3.16. The number of aromatic amines is 1. The van der Waals surface area contributed by atoms with Crippen molar-refractivity contribution in [2.75, 3.05) is 6.54 Å². The largest absolute Gasteiger partial charge is 0.354 e. The van der Waals surface area contributed by atoms with E-state index in [0.717, 1.165) is 11.0 Å². The summed E-state index contributed by atoms with van der Waals surface area (Å²) in [6.45, 7) is 4.97. The second kappa shape index (κ2) is 5.75. The molecule has 0 fully saturated rings. The van der Waals surface area contributed by atoms with E-state index in [1.165, 1.54) is 0 Å². The summed E-state index contributed by atoms with van der Waals surface area (Å²) in [7, 11) is 0. The number of halogens is 1. The monoisotopic (exact) mass is 297 g/mol. The molecule has 102 valence electrons. The molecule has 6 heteroatoms. The highest BCUT2D eigenvalue weighted by Crippen LogP contribution is 2.22. The van der Waals surface area contributed by atoms with Crippen LogP contribution in [0.1, 0.15) is 13.8 Å². The Labute approximate surface area is 121 Å². The predicted octanol–water partition coefficient (Wildman–Crippen LogP) is 3.12. The summed E-state index contributed by atoms with van der Waals surface area (Å²) in [4.78, 5) is 14.9. The number of rotatable bonds is 4. The molecule has 0 bridgehead atoms. The van der Waals surface area contributed by atoms with Crippen LogP contribution in [-0.2, 0) is 11.3 Å². The standard InChI is InChI=1S/C13H16ClN3OS/c1-8(2)6-15-11(18)7-17-10-5-3-4-9(14)12(10)16-13(17)19/h3-5,8H,6-7H2,1-2H3,(H,15,18)(H,16,19). The van der Waals surface area contributed by atoms with Gasteiger partial charge in [0.2, 0.25) is 5.91 Å². The smallest absolute Gasteiger partial charge is 0.240 e. The molecule has 2 rings (SSSR count). The van der Waals surface area contributed by atoms with E-state index in [1.807, 2.05) is 12.1 Å². The number of fused-ring (bicyclic) bond motifs is 1. The fourth-order valence-corrected chi connectivity index (χ4v) is 2.30. The van der Waals surface area contributed by atoms with Crippen LogP contribution in [0.4, 0.5) is 0 Å². The van der Waals surface area contributed by atoms with Crippen molar-refractivity contribution in [2.24, 2.45) is 5.92 Å². The maximum atomic E-state index is 11.9. The van der Waals surface area contributed by atoms with E-state index in [-0.39, 0.29) is 12.5 Å². The Morgan fingerprint density at radius 2 is 2.26 bits per heavy atom. The van der Waals surface area contributed by atoms with Gasteiger partial charge >= 0.3 is 0 Å². The van der Waals surface area contributed by atoms with Gasteiger partial charge in [-0.15, -0.1) is 0 Å². The molecule has 1 aromatic heterocycles. The van der Waals surface area contributed by atoms with Gasteiger partial charge in [-0.25, -0.2) is 0 Å². The molecular weight excluding hydrogens is 282 g/mol. The molecule has 1 heterocycles. The summed E-state index contributed by atoms with van der Waals surface area (Å²) in [5.41, 5.74) is 1.61. The first-order valence-electron chi connectivity index (χ1n) is 6.12. The Kier molecular flexibility index (Phi) is 4.27. The van der Waals surface area contributed by atoms with Crippen molar-refractivity contribution >= 4 is 40.8 Å². The number of aromatic nitrogens is 2. The molecule has 0 aliphatic carbocycles. The van der Waals surface area contributed by atoms with Crippen LogP contribution in [0.15, 0.2) is 18.2 Å². The quantitative estimate of drug-likeness (QED) is 0.852. The Balaban J connectivity index is 2.26. The lowest BCUT2D eigenvalue weighted by Gasteiger charge is -2.08. The molecule has 1 aromatic carbocycles. The van der Waals surface area contributed by atoms with Crippen LogP contribution in [0, 0.1) is 10.7 Å². The van der Waals surface area contributed by atoms with Crippen LogP contribution in [0.5, 0.6) is 0 Å². The highest BCUT2D eigenvalue weighted by molar-refractivity contribution is 7.71. The van der Waals surface area contributed by atoms with Gasteiger partial charge in [0, 0.05) is 6.54 Å². The summed E-state index contributed by atoms with van der Waals surface area (Å²) < 4.78 is 2.26. The number of nitrogens with one attached hydrogen (secondary N) is 2. The minimum atomic E-state index is -0.0503. The van der Waals surface area contributed by atoms with Crippen LogP contribution in [0.25, 0.3) is 11.0 Å². The summed E-state index contributed by atoms with van der Waals surface area (Å²) in [5.74, 6) is 0.375. The molecule has 0 aliphatic rings. The maximum Gasteiger partial charge on any atom is 0.240 e. The zero-order chi connectivity index (χ0) is 14.0. The van der Waals surface area contributed by atoms with Gasteiger partial charge in [-0.3, -0.25) is 4.79 Å². The fraction of sp³-hybridized carbons (Fsp3) is 0.385. The van der Waals surface area contributed by atoms with Crippen LogP contribution in [-0.4, -0.2) is 22.0 Å². The van der Waals surface area contributed by atoms with Gasteiger partial charge in [0.25, 0.3) is 0 Å². The first-order chi connectivity index (χ1) is 8.99. The van der Waals surface area contributed by atoms with Crippen LogP contribution in [0.2, 0.25) is 5.02 Å². The van der Waals surface area contributed by atoms with E-state index in [0.29, 0.717) is 22.3 Å². The molecule has 0 saturated carbocycles. The number of benzene rings is 1. The highest BCUT2D eigenvalue weighted by atomic mass is 35.5. The highest BCUT2D eigenvalue weighted by Gasteiger charge is 2.10. The average Bonchev–Trinajstić information content (AvgIpc) is 2.66. The molecule has 0 radical (unpaired) electrons. The lowest BCUT2D eigenvalue weighted by molar-refractivity contribution is -0.121. The van der Waals surface area contributed by atoms with Gasteiger partial charge in [-0.1, -0.05) is 31.5 Å². The number of H-pyrrole nitrogens is 1. The minimum Gasteiger partial charge on any atom is -0.354 e. The van der Waals surface area contributed by atoms with Crippen LogP contribution >= 0.6 is 23.8 Å². The van der Waals surface area contributed by atoms with Gasteiger partial charge in [0.05, 0.1) is 16.1 Å². The molecule has 0 spiro atoms. The summed E-state index contributed by atoms with van der Waals surface area (Å²) in [5, 5.41) is 3.48. The van der Waals surface area contributed by atoms with Gasteiger partial charge in [0.1, 0.15) is 6.54 Å². The Morgan fingerprint density at radius 1 is 1.53 bits per heavy atom. The second-order valence-corrected chi connectivity index (χ2v) is 5.64. The zero-order valence-corrected chi connectivity index (χ0v) is 12.4. The van der Waals surface area contributed by atoms with Crippen molar-refractivity contribution in [1.82, 2.24) is 14.9 Å². The number of amides is 1. The molecule has 4 nitrogen and oxygen atoms in total. The molecule has 0 atom stereocenters. The summed E-state index contributed by atoms with van der Waals surface area (Å²) in [6, 6.07) is 5.53. The lowest BCUT2D eigenvalue weighted by atomic mass is 10.2. The third-order valence-electron chi connectivity index (χ3n) is 2.77. The summed E-state index contributed by atoms with van der Waals surface area (Å²) in [6.07, 6.45) is 0. The number of hydrogen-bond acceptors (Lipinski definition) is 2. The molecular formula is C13H16ClN3OS. The van der Waals surface area contributed by atoms with Crippen molar-refractivity contribution in [2.45, 2.75) is 20.4 Å². The van der Waals surface area contributed by atoms with Crippen LogP contribution < -0.4 is 5.32 Å². The molecule has 1 amide bonds. The van der Waals surface area contributed by atoms with Crippen molar-refractivity contribution in [3.05, 3.63) is 28.0 Å². The number of hydrogen-bond donors (Lipinski definition) is 2. The maximum absolute atomic E-state index is 11.9.